The van der Waals surface area contributed by atoms with Gasteiger partial charge in [0.2, 0.25) is 0 Å². The molecule has 1 aromatic heterocycles. The van der Waals surface area contributed by atoms with Crippen molar-refractivity contribution >= 4 is 22.6 Å². The van der Waals surface area contributed by atoms with Crippen molar-refractivity contribution in [1.29, 1.82) is 0 Å². The number of carbonyl (C=O) groups excluding carboxylic acids is 1. The van der Waals surface area contributed by atoms with Gasteiger partial charge in [-0.2, -0.15) is 13.2 Å². The van der Waals surface area contributed by atoms with Crippen molar-refractivity contribution in [2.24, 2.45) is 11.3 Å². The fourth-order valence-electron chi connectivity index (χ4n) is 4.04. The highest BCUT2D eigenvalue weighted by molar-refractivity contribution is 6.04. The van der Waals surface area contributed by atoms with E-state index in [4.69, 9.17) is 4.74 Å². The molecular weight excluding hydrogens is 333 g/mol. The van der Waals surface area contributed by atoms with Crippen molar-refractivity contribution < 1.29 is 22.7 Å². The number of hydrogen-bond acceptors (Lipinski definition) is 4. The number of pyridine rings is 1. The number of benzene rings is 1. The first kappa shape index (κ1) is 16.2. The van der Waals surface area contributed by atoms with E-state index in [-0.39, 0.29) is 18.3 Å². The van der Waals surface area contributed by atoms with Gasteiger partial charge >= 0.3 is 12.1 Å². The minimum Gasteiger partial charge on any atom is -0.465 e. The van der Waals surface area contributed by atoms with Crippen LogP contribution in [-0.2, 0) is 4.74 Å². The van der Waals surface area contributed by atoms with Crippen LogP contribution in [0.5, 0.6) is 0 Å². The zero-order valence-corrected chi connectivity index (χ0v) is 13.6. The maximum Gasteiger partial charge on any atom is 0.391 e. The third-order valence-electron chi connectivity index (χ3n) is 5.37. The lowest BCUT2D eigenvalue weighted by Crippen LogP contribution is -2.64. The van der Waals surface area contributed by atoms with Gasteiger partial charge in [0, 0.05) is 35.8 Å². The molecule has 0 unspecified atom stereocenters. The normalized spacial score (nSPS) is 19.6. The summed E-state index contributed by atoms with van der Waals surface area (Å²) in [6.07, 6.45) is -2.08. The van der Waals surface area contributed by atoms with Crippen molar-refractivity contribution in [3.63, 3.8) is 0 Å². The lowest BCUT2D eigenvalue weighted by molar-refractivity contribution is -0.225. The summed E-state index contributed by atoms with van der Waals surface area (Å²) in [5.74, 6) is -1.59. The first-order valence-corrected chi connectivity index (χ1v) is 8.10. The Bertz CT molecular complexity index is 836. The molecule has 132 valence electrons. The second kappa shape index (κ2) is 5.34. The van der Waals surface area contributed by atoms with Crippen LogP contribution in [0.2, 0.25) is 0 Å². The smallest absolute Gasteiger partial charge is 0.391 e. The van der Waals surface area contributed by atoms with Crippen molar-refractivity contribution in [2.45, 2.75) is 19.0 Å². The van der Waals surface area contributed by atoms with Crippen molar-refractivity contribution in [3.05, 3.63) is 36.0 Å². The Balaban J connectivity index is 1.53. The Morgan fingerprint density at radius 2 is 2.00 bits per heavy atom. The van der Waals surface area contributed by atoms with Gasteiger partial charge in [-0.15, -0.1) is 0 Å². The van der Waals surface area contributed by atoms with E-state index in [1.165, 1.54) is 7.11 Å². The van der Waals surface area contributed by atoms with E-state index in [9.17, 15) is 18.0 Å². The van der Waals surface area contributed by atoms with E-state index < -0.39 is 18.1 Å². The summed E-state index contributed by atoms with van der Waals surface area (Å²) in [6.45, 7) is 1.25. The summed E-state index contributed by atoms with van der Waals surface area (Å²) in [6, 6.07) is 7.18. The topological polar surface area (TPSA) is 42.4 Å². The lowest BCUT2D eigenvalue weighted by Gasteiger charge is -2.60. The van der Waals surface area contributed by atoms with Gasteiger partial charge in [0.05, 0.1) is 24.1 Å². The Labute approximate surface area is 142 Å². The van der Waals surface area contributed by atoms with Gasteiger partial charge in [0.25, 0.3) is 0 Å². The average molecular weight is 350 g/mol. The molecule has 2 aliphatic rings. The molecule has 0 atom stereocenters. The number of halogens is 3. The number of hydrogen-bond donors (Lipinski definition) is 0. The van der Waals surface area contributed by atoms with E-state index in [0.717, 1.165) is 5.69 Å². The van der Waals surface area contributed by atoms with Crippen LogP contribution in [0.4, 0.5) is 18.9 Å². The fraction of sp³-hybridized carbons (Fsp3) is 0.444. The van der Waals surface area contributed by atoms with Crippen molar-refractivity contribution in [1.82, 2.24) is 4.98 Å². The third-order valence-corrected chi connectivity index (χ3v) is 5.37. The molecule has 0 N–H and O–H groups in total. The van der Waals surface area contributed by atoms with E-state index in [0.29, 0.717) is 29.6 Å². The van der Waals surface area contributed by atoms with Gasteiger partial charge in [-0.05, 0) is 37.1 Å². The highest BCUT2D eigenvalue weighted by Gasteiger charge is 2.60. The summed E-state index contributed by atoms with van der Waals surface area (Å²) in [5.41, 5.74) is 1.81. The number of esters is 1. The van der Waals surface area contributed by atoms with Crippen LogP contribution in [0.25, 0.3) is 10.9 Å². The van der Waals surface area contributed by atoms with E-state index in [1.54, 1.807) is 12.3 Å². The number of methoxy groups -OCH3 is 1. The summed E-state index contributed by atoms with van der Waals surface area (Å²) in [7, 11) is 1.32. The molecule has 2 fully saturated rings. The second-order valence-corrected chi connectivity index (χ2v) is 7.05. The van der Waals surface area contributed by atoms with Crippen LogP contribution in [0.3, 0.4) is 0 Å². The Hall–Kier alpha value is -2.31. The van der Waals surface area contributed by atoms with E-state index in [1.807, 2.05) is 18.2 Å². The number of nitrogens with zero attached hydrogens (tertiary/aromatic N) is 2. The summed E-state index contributed by atoms with van der Waals surface area (Å²) >= 11 is 0. The largest absolute Gasteiger partial charge is 0.465 e. The molecule has 0 amide bonds. The second-order valence-electron chi connectivity index (χ2n) is 7.05. The summed E-state index contributed by atoms with van der Waals surface area (Å²) < 4.78 is 42.9. The first-order chi connectivity index (χ1) is 11.8. The van der Waals surface area contributed by atoms with Crippen LogP contribution < -0.4 is 4.90 Å². The standard InChI is InChI=1S/C18H17F3N2O2/c1-25-16(24)13-4-5-22-15-3-2-12(6-14(13)15)23-9-17(10-23)7-11(8-17)18(19,20)21/h2-6,11H,7-10H2,1H3. The molecule has 1 aliphatic carbocycles. The molecule has 2 aromatic rings. The first-order valence-electron chi connectivity index (χ1n) is 8.10. The number of fused-ring (bicyclic) bond motifs is 1. The average Bonchev–Trinajstić information content (AvgIpc) is 2.49. The van der Waals surface area contributed by atoms with Crippen molar-refractivity contribution in [3.8, 4) is 0 Å². The zero-order valence-electron chi connectivity index (χ0n) is 13.6. The molecule has 2 heterocycles. The van der Waals surface area contributed by atoms with Crippen LogP contribution in [0, 0.1) is 11.3 Å². The molecule has 7 heteroatoms. The summed E-state index contributed by atoms with van der Waals surface area (Å²) in [5, 5.41) is 0.689. The van der Waals surface area contributed by atoms with Gasteiger partial charge < -0.3 is 9.64 Å². The molecule has 1 saturated heterocycles. The van der Waals surface area contributed by atoms with Crippen LogP contribution in [-0.4, -0.2) is 37.3 Å². The number of anilines is 1. The highest BCUT2D eigenvalue weighted by atomic mass is 19.4. The highest BCUT2D eigenvalue weighted by Crippen LogP contribution is 2.57. The number of carbonyl (C=O) groups is 1. The monoisotopic (exact) mass is 350 g/mol. The predicted octanol–water partition coefficient (Wildman–Crippen LogP) is 3.80. The lowest BCUT2D eigenvalue weighted by atomic mass is 9.57. The van der Waals surface area contributed by atoms with Gasteiger partial charge in [0.1, 0.15) is 0 Å². The quantitative estimate of drug-likeness (QED) is 0.773. The Morgan fingerprint density at radius 1 is 1.28 bits per heavy atom. The van der Waals surface area contributed by atoms with Crippen LogP contribution in [0.1, 0.15) is 23.2 Å². The maximum atomic E-state index is 12.7. The molecular formula is C18H17F3N2O2. The molecule has 25 heavy (non-hydrogen) atoms. The van der Waals surface area contributed by atoms with E-state index >= 15 is 0 Å². The van der Waals surface area contributed by atoms with Crippen LogP contribution >= 0.6 is 0 Å². The van der Waals surface area contributed by atoms with Gasteiger partial charge in [-0.3, -0.25) is 4.98 Å². The van der Waals surface area contributed by atoms with Gasteiger partial charge in [-0.1, -0.05) is 0 Å². The SMILES string of the molecule is COC(=O)c1ccnc2ccc(N3CC4(CC(C(F)(F)F)C4)C3)cc12. The molecule has 1 saturated carbocycles. The summed E-state index contributed by atoms with van der Waals surface area (Å²) in [4.78, 5) is 18.2. The van der Waals surface area contributed by atoms with Crippen molar-refractivity contribution in [2.75, 3.05) is 25.1 Å². The minimum atomic E-state index is -4.07. The molecule has 4 rings (SSSR count). The Morgan fingerprint density at radius 3 is 2.64 bits per heavy atom. The molecule has 1 spiro atoms. The molecule has 0 bridgehead atoms. The molecule has 1 aliphatic heterocycles. The number of aromatic nitrogens is 1. The molecule has 1 aromatic carbocycles. The predicted molar refractivity (Wildman–Crippen MR) is 86.5 cm³/mol. The zero-order chi connectivity index (χ0) is 17.8. The maximum absolute atomic E-state index is 12.7. The minimum absolute atomic E-state index is 0.199. The Kier molecular flexibility index (Phi) is 3.46. The molecule has 4 nitrogen and oxygen atoms in total. The fourth-order valence-corrected chi connectivity index (χ4v) is 4.04. The number of ether oxygens (including phenoxy) is 1. The van der Waals surface area contributed by atoms with Crippen LogP contribution in [0.15, 0.2) is 30.5 Å². The van der Waals surface area contributed by atoms with E-state index in [2.05, 4.69) is 9.88 Å². The van der Waals surface area contributed by atoms with Gasteiger partial charge in [0.15, 0.2) is 0 Å². The third kappa shape index (κ3) is 2.62. The molecule has 0 radical (unpaired) electrons. The number of rotatable bonds is 2. The number of alkyl halides is 3. The van der Waals surface area contributed by atoms with Gasteiger partial charge in [-0.25, -0.2) is 4.79 Å².